The molecule has 0 aromatic carbocycles. The summed E-state index contributed by atoms with van der Waals surface area (Å²) in [5.74, 6) is 0.150. The Labute approximate surface area is 581 Å². The molecule has 6 atom stereocenters. The first-order valence-corrected chi connectivity index (χ1v) is 42.4. The minimum atomic E-state index is -4.96. The van der Waals surface area contributed by atoms with Crippen LogP contribution in [0.3, 0.4) is 0 Å². The minimum Gasteiger partial charge on any atom is -0.462 e. The van der Waals surface area contributed by atoms with Crippen LogP contribution in [0.5, 0.6) is 0 Å². The lowest BCUT2D eigenvalue weighted by Crippen LogP contribution is -2.30. The van der Waals surface area contributed by atoms with Crippen LogP contribution in [0.1, 0.15) is 389 Å². The molecule has 0 amide bonds. The van der Waals surface area contributed by atoms with Gasteiger partial charge in [0.15, 0.2) is 12.2 Å². The molecule has 0 aromatic rings. The molecule has 0 aliphatic rings. The molecular formula is C76H148O17P2. The molecule has 3 unspecified atom stereocenters. The van der Waals surface area contributed by atoms with Crippen molar-refractivity contribution >= 4 is 39.5 Å². The molecule has 0 aromatic heterocycles. The summed E-state index contributed by atoms with van der Waals surface area (Å²) >= 11 is 0. The summed E-state index contributed by atoms with van der Waals surface area (Å²) in [6.45, 7) is 11.9. The molecule has 95 heavy (non-hydrogen) atoms. The van der Waals surface area contributed by atoms with Crippen molar-refractivity contribution < 1.29 is 80.2 Å². The summed E-state index contributed by atoms with van der Waals surface area (Å²) in [7, 11) is -9.91. The SMILES string of the molecule is CCCCCCCCCCCCCCCCCCC(=O)OC[C@H](COP(=O)(O)OC[C@@H](O)COP(=O)(O)OC[C@@H](COC(=O)CCCCCCCCCC(C)C)OC(=O)CCCCCCCCCCC(C)CC)OC(=O)CCCCCCCCCCCCCCCCC(C)C. The van der Waals surface area contributed by atoms with Gasteiger partial charge in [-0.25, -0.2) is 9.13 Å². The Kier molecular flexibility index (Phi) is 65.2. The van der Waals surface area contributed by atoms with Gasteiger partial charge in [0.05, 0.1) is 26.4 Å². The van der Waals surface area contributed by atoms with Crippen LogP contribution in [0.4, 0.5) is 0 Å². The van der Waals surface area contributed by atoms with E-state index in [2.05, 4.69) is 48.5 Å². The van der Waals surface area contributed by atoms with Gasteiger partial charge in [0.1, 0.15) is 19.3 Å². The first-order chi connectivity index (χ1) is 45.8. The smallest absolute Gasteiger partial charge is 0.462 e. The Bertz CT molecular complexity index is 1850. The Balaban J connectivity index is 5.25. The molecule has 17 nitrogen and oxygen atoms in total. The summed E-state index contributed by atoms with van der Waals surface area (Å²) in [4.78, 5) is 72.8. The Hall–Kier alpha value is -1.94. The summed E-state index contributed by atoms with van der Waals surface area (Å²) in [6.07, 6.45) is 52.7. The molecular weight excluding hydrogens is 1250 g/mol. The van der Waals surface area contributed by atoms with Crippen LogP contribution in [-0.4, -0.2) is 96.7 Å². The van der Waals surface area contributed by atoms with Crippen molar-refractivity contribution in [3.63, 3.8) is 0 Å². The van der Waals surface area contributed by atoms with Gasteiger partial charge in [0.2, 0.25) is 0 Å². The summed E-state index contributed by atoms with van der Waals surface area (Å²) in [5, 5.41) is 10.6. The van der Waals surface area contributed by atoms with Crippen molar-refractivity contribution in [2.45, 2.75) is 407 Å². The fraction of sp³-hybridized carbons (Fsp3) is 0.947. The largest absolute Gasteiger partial charge is 0.472 e. The van der Waals surface area contributed by atoms with Crippen molar-refractivity contribution in [3.05, 3.63) is 0 Å². The summed E-state index contributed by atoms with van der Waals surface area (Å²) < 4.78 is 68.5. The minimum absolute atomic E-state index is 0.104. The van der Waals surface area contributed by atoms with E-state index < -0.39 is 97.5 Å². The molecule has 3 N–H and O–H groups in total. The first kappa shape index (κ1) is 93.1. The zero-order valence-electron chi connectivity index (χ0n) is 62.1. The fourth-order valence-electron chi connectivity index (χ4n) is 11.6. The van der Waals surface area contributed by atoms with Crippen LogP contribution >= 0.6 is 15.6 Å². The number of esters is 4. The molecule has 0 saturated carbocycles. The molecule has 0 radical (unpaired) electrons. The molecule has 0 fully saturated rings. The van der Waals surface area contributed by atoms with Crippen LogP contribution in [0.25, 0.3) is 0 Å². The fourth-order valence-corrected chi connectivity index (χ4v) is 13.1. The van der Waals surface area contributed by atoms with E-state index >= 15 is 0 Å². The van der Waals surface area contributed by atoms with E-state index in [1.807, 2.05) is 0 Å². The van der Waals surface area contributed by atoms with Gasteiger partial charge in [-0.05, 0) is 43.4 Å². The number of aliphatic hydroxyl groups excluding tert-OH is 1. The van der Waals surface area contributed by atoms with Crippen LogP contribution < -0.4 is 0 Å². The van der Waals surface area contributed by atoms with Crippen molar-refractivity contribution in [2.75, 3.05) is 39.6 Å². The van der Waals surface area contributed by atoms with Crippen LogP contribution in [0, 0.1) is 17.8 Å². The van der Waals surface area contributed by atoms with Gasteiger partial charge in [0.25, 0.3) is 0 Å². The maximum absolute atomic E-state index is 13.1. The van der Waals surface area contributed by atoms with Gasteiger partial charge in [-0.1, -0.05) is 337 Å². The van der Waals surface area contributed by atoms with E-state index in [9.17, 15) is 43.2 Å². The van der Waals surface area contributed by atoms with E-state index in [1.165, 1.54) is 193 Å². The third-order valence-corrected chi connectivity index (χ3v) is 19.9. The highest BCUT2D eigenvalue weighted by molar-refractivity contribution is 7.47. The van der Waals surface area contributed by atoms with Crippen LogP contribution in [0.2, 0.25) is 0 Å². The molecule has 0 aliphatic heterocycles. The second-order valence-electron chi connectivity index (χ2n) is 28.6. The highest BCUT2D eigenvalue weighted by Crippen LogP contribution is 2.45. The zero-order valence-corrected chi connectivity index (χ0v) is 63.9. The first-order valence-electron chi connectivity index (χ1n) is 39.4. The van der Waals surface area contributed by atoms with Gasteiger partial charge in [-0.3, -0.25) is 37.3 Å². The Morgan fingerprint density at radius 1 is 0.305 bits per heavy atom. The van der Waals surface area contributed by atoms with E-state index in [1.54, 1.807) is 0 Å². The Morgan fingerprint density at radius 3 is 0.800 bits per heavy atom. The number of carbonyl (C=O) groups excluding carboxylic acids is 4. The predicted octanol–water partition coefficient (Wildman–Crippen LogP) is 22.2. The normalized spacial score (nSPS) is 14.4. The topological polar surface area (TPSA) is 237 Å². The van der Waals surface area contributed by atoms with E-state index in [0.717, 1.165) is 108 Å². The number of aliphatic hydroxyl groups is 1. The maximum atomic E-state index is 13.1. The lowest BCUT2D eigenvalue weighted by Gasteiger charge is -2.21. The van der Waals surface area contributed by atoms with Crippen molar-refractivity contribution in [1.29, 1.82) is 0 Å². The molecule has 0 rings (SSSR count). The quantitative estimate of drug-likeness (QED) is 0.0222. The average molecular weight is 1400 g/mol. The highest BCUT2D eigenvalue weighted by atomic mass is 31.2. The number of phosphoric ester groups is 2. The number of hydrogen-bond acceptors (Lipinski definition) is 15. The second-order valence-corrected chi connectivity index (χ2v) is 31.5. The molecule has 0 heterocycles. The number of rotatable bonds is 74. The highest BCUT2D eigenvalue weighted by Gasteiger charge is 2.30. The predicted molar refractivity (Wildman–Crippen MR) is 386 cm³/mol. The third-order valence-electron chi connectivity index (χ3n) is 18.0. The van der Waals surface area contributed by atoms with E-state index in [0.29, 0.717) is 31.6 Å². The third kappa shape index (κ3) is 69.0. The summed E-state index contributed by atoms with van der Waals surface area (Å²) in [6, 6.07) is 0. The van der Waals surface area contributed by atoms with Crippen molar-refractivity contribution in [2.24, 2.45) is 17.8 Å². The standard InChI is InChI=1S/C76H148O17P2/c1-8-10-11-12-13-14-15-16-17-18-22-25-28-36-43-50-57-73(78)86-63-71(92-75(80)59-52-45-37-29-26-23-20-19-21-24-27-33-40-47-54-67(3)4)65-90-94(82,83)88-61-70(77)62-89-95(84,85)91-66-72(64-87-74(79)58-51-44-39-32-34-41-48-55-68(5)6)93-76(81)60-53-46-38-31-30-35-42-49-56-69(7)9-2/h67-72,77H,8-66H2,1-7H3,(H,82,83)(H,84,85)/t69?,70-,71-,72-/m1/s1. The molecule has 19 heteroatoms. The van der Waals surface area contributed by atoms with Crippen LogP contribution in [-0.2, 0) is 65.4 Å². The molecule has 564 valence electrons. The van der Waals surface area contributed by atoms with Gasteiger partial charge >= 0.3 is 39.5 Å². The Morgan fingerprint density at radius 2 is 0.537 bits per heavy atom. The number of hydrogen-bond donors (Lipinski definition) is 3. The number of unbranched alkanes of at least 4 members (excludes halogenated alkanes) is 41. The second kappa shape index (κ2) is 66.6. The lowest BCUT2D eigenvalue weighted by atomic mass is 9.99. The van der Waals surface area contributed by atoms with Gasteiger partial charge < -0.3 is 33.8 Å². The molecule has 0 saturated heterocycles. The maximum Gasteiger partial charge on any atom is 0.472 e. The van der Waals surface area contributed by atoms with Gasteiger partial charge in [0, 0.05) is 25.7 Å². The van der Waals surface area contributed by atoms with Gasteiger partial charge in [-0.15, -0.1) is 0 Å². The van der Waals surface area contributed by atoms with Crippen molar-refractivity contribution in [3.8, 4) is 0 Å². The number of ether oxygens (including phenoxy) is 4. The zero-order chi connectivity index (χ0) is 70.1. The molecule has 0 aliphatic carbocycles. The average Bonchev–Trinajstić information content (AvgIpc) is 2.63. The summed E-state index contributed by atoms with van der Waals surface area (Å²) in [5.41, 5.74) is 0. The van der Waals surface area contributed by atoms with E-state index in [-0.39, 0.29) is 25.7 Å². The molecule has 0 bridgehead atoms. The van der Waals surface area contributed by atoms with Crippen molar-refractivity contribution in [1.82, 2.24) is 0 Å². The molecule has 0 spiro atoms. The number of phosphoric acid groups is 2. The van der Waals surface area contributed by atoms with Gasteiger partial charge in [-0.2, -0.15) is 0 Å². The van der Waals surface area contributed by atoms with E-state index in [4.69, 9.17) is 37.0 Å². The number of carbonyl (C=O) groups is 4. The lowest BCUT2D eigenvalue weighted by molar-refractivity contribution is -0.161. The van der Waals surface area contributed by atoms with Crippen LogP contribution in [0.15, 0.2) is 0 Å². The monoisotopic (exact) mass is 1400 g/mol.